The highest BCUT2D eigenvalue weighted by atomic mass is 35.5. The van der Waals surface area contributed by atoms with Crippen molar-refractivity contribution in [1.29, 1.82) is 0 Å². The molecule has 0 aromatic carbocycles. The summed E-state index contributed by atoms with van der Waals surface area (Å²) in [4.78, 5) is 1.99. The number of halogens is 1. The van der Waals surface area contributed by atoms with Crippen LogP contribution < -0.4 is 0 Å². The van der Waals surface area contributed by atoms with Gasteiger partial charge in [0.05, 0.1) is 5.16 Å². The number of hydrogen-bond acceptors (Lipinski definition) is 1. The van der Waals surface area contributed by atoms with Crippen LogP contribution in [-0.2, 0) is 0 Å². The SMILES string of the molecule is C=C(Cl)N(CC)CC. The zero-order valence-corrected chi connectivity index (χ0v) is 6.20. The maximum atomic E-state index is 5.58. The van der Waals surface area contributed by atoms with Crippen LogP contribution in [0, 0.1) is 0 Å². The van der Waals surface area contributed by atoms with E-state index in [-0.39, 0.29) is 0 Å². The van der Waals surface area contributed by atoms with Gasteiger partial charge in [0.2, 0.25) is 0 Å². The minimum Gasteiger partial charge on any atom is -0.363 e. The Morgan fingerprint density at radius 3 is 1.88 bits per heavy atom. The quantitative estimate of drug-likeness (QED) is 0.533. The van der Waals surface area contributed by atoms with Crippen LogP contribution in [0.1, 0.15) is 13.8 Å². The Balaban J connectivity index is 3.52. The molecule has 0 aromatic heterocycles. The van der Waals surface area contributed by atoms with E-state index in [1.54, 1.807) is 0 Å². The smallest absolute Gasteiger partial charge is 0.0970 e. The highest BCUT2D eigenvalue weighted by molar-refractivity contribution is 6.28. The van der Waals surface area contributed by atoms with E-state index in [1.165, 1.54) is 0 Å². The summed E-state index contributed by atoms with van der Waals surface area (Å²) in [6.07, 6.45) is 0. The molecule has 2 heteroatoms. The fourth-order valence-corrected chi connectivity index (χ4v) is 0.806. The molecule has 0 rings (SSSR count). The lowest BCUT2D eigenvalue weighted by atomic mass is 10.5. The van der Waals surface area contributed by atoms with Crippen molar-refractivity contribution in [1.82, 2.24) is 4.90 Å². The molecule has 0 saturated carbocycles. The monoisotopic (exact) mass is 133 g/mol. The maximum Gasteiger partial charge on any atom is 0.0970 e. The van der Waals surface area contributed by atoms with Gasteiger partial charge >= 0.3 is 0 Å². The van der Waals surface area contributed by atoms with Crippen molar-refractivity contribution < 1.29 is 0 Å². The molecule has 0 saturated heterocycles. The lowest BCUT2D eigenvalue weighted by Crippen LogP contribution is -2.18. The summed E-state index contributed by atoms with van der Waals surface area (Å²) in [6, 6.07) is 0. The average molecular weight is 134 g/mol. The lowest BCUT2D eigenvalue weighted by molar-refractivity contribution is 0.408. The Bertz CT molecular complexity index is 76.6. The molecule has 0 heterocycles. The van der Waals surface area contributed by atoms with Gasteiger partial charge in [-0.2, -0.15) is 0 Å². The van der Waals surface area contributed by atoms with Crippen LogP contribution in [0.4, 0.5) is 0 Å². The maximum absolute atomic E-state index is 5.58. The van der Waals surface area contributed by atoms with Gasteiger partial charge in [0, 0.05) is 13.1 Å². The van der Waals surface area contributed by atoms with Gasteiger partial charge in [-0.25, -0.2) is 0 Å². The van der Waals surface area contributed by atoms with Crippen LogP contribution in [0.15, 0.2) is 11.7 Å². The molecule has 0 aliphatic heterocycles. The first kappa shape index (κ1) is 7.83. The van der Waals surface area contributed by atoms with Gasteiger partial charge < -0.3 is 4.90 Å². The van der Waals surface area contributed by atoms with Crippen LogP contribution in [-0.4, -0.2) is 18.0 Å². The summed E-state index contributed by atoms with van der Waals surface area (Å²) in [6.45, 7) is 9.58. The molecule has 0 spiro atoms. The molecule has 0 aliphatic carbocycles. The molecular weight excluding hydrogens is 122 g/mol. The van der Waals surface area contributed by atoms with Crippen LogP contribution in [0.5, 0.6) is 0 Å². The van der Waals surface area contributed by atoms with Crippen molar-refractivity contribution >= 4 is 11.6 Å². The van der Waals surface area contributed by atoms with Crippen molar-refractivity contribution in [3.05, 3.63) is 11.7 Å². The third-order valence-corrected chi connectivity index (χ3v) is 1.35. The summed E-state index contributed by atoms with van der Waals surface area (Å²) >= 11 is 5.58. The first-order chi connectivity index (χ1) is 3.72. The Kier molecular flexibility index (Phi) is 3.71. The Morgan fingerprint density at radius 2 is 1.88 bits per heavy atom. The van der Waals surface area contributed by atoms with Crippen molar-refractivity contribution in [2.24, 2.45) is 0 Å². The van der Waals surface area contributed by atoms with Gasteiger partial charge in [-0.1, -0.05) is 18.2 Å². The van der Waals surface area contributed by atoms with E-state index >= 15 is 0 Å². The van der Waals surface area contributed by atoms with Crippen LogP contribution in [0.2, 0.25) is 0 Å². The van der Waals surface area contributed by atoms with Gasteiger partial charge in [-0.15, -0.1) is 0 Å². The van der Waals surface area contributed by atoms with Crippen LogP contribution in [0.25, 0.3) is 0 Å². The zero-order chi connectivity index (χ0) is 6.57. The Morgan fingerprint density at radius 1 is 1.50 bits per heavy atom. The van der Waals surface area contributed by atoms with Crippen LogP contribution in [0.3, 0.4) is 0 Å². The average Bonchev–Trinajstić information content (AvgIpc) is 1.69. The summed E-state index contributed by atoms with van der Waals surface area (Å²) in [7, 11) is 0. The fourth-order valence-electron chi connectivity index (χ4n) is 0.567. The summed E-state index contributed by atoms with van der Waals surface area (Å²) in [5.41, 5.74) is 0. The predicted molar refractivity (Wildman–Crippen MR) is 37.9 cm³/mol. The first-order valence-corrected chi connectivity index (χ1v) is 3.19. The predicted octanol–water partition coefficient (Wildman–Crippen LogP) is 2.04. The topological polar surface area (TPSA) is 3.24 Å². The number of hydrogen-bond donors (Lipinski definition) is 0. The number of rotatable bonds is 3. The second-order valence-corrected chi connectivity index (χ2v) is 1.98. The fraction of sp³-hybridized carbons (Fsp3) is 0.667. The molecular formula is C6H12ClN. The van der Waals surface area contributed by atoms with E-state index in [4.69, 9.17) is 11.6 Å². The molecule has 0 radical (unpaired) electrons. The minimum absolute atomic E-state index is 0.634. The first-order valence-electron chi connectivity index (χ1n) is 2.81. The molecule has 1 nitrogen and oxygen atoms in total. The second-order valence-electron chi connectivity index (χ2n) is 1.55. The van der Waals surface area contributed by atoms with Gasteiger partial charge in [-0.05, 0) is 13.8 Å². The van der Waals surface area contributed by atoms with Crippen molar-refractivity contribution in [3.8, 4) is 0 Å². The van der Waals surface area contributed by atoms with E-state index in [2.05, 4.69) is 20.4 Å². The summed E-state index contributed by atoms with van der Waals surface area (Å²) in [5.74, 6) is 0. The minimum atomic E-state index is 0.634. The molecule has 0 fully saturated rings. The molecule has 48 valence electrons. The molecule has 0 unspecified atom stereocenters. The van der Waals surface area contributed by atoms with Gasteiger partial charge in [0.25, 0.3) is 0 Å². The molecule has 0 amide bonds. The Labute approximate surface area is 55.9 Å². The van der Waals surface area contributed by atoms with Gasteiger partial charge in [0.15, 0.2) is 0 Å². The van der Waals surface area contributed by atoms with E-state index in [0.717, 1.165) is 13.1 Å². The molecule has 0 N–H and O–H groups in total. The molecule has 8 heavy (non-hydrogen) atoms. The molecule has 0 aromatic rings. The Hall–Kier alpha value is -0.170. The van der Waals surface area contributed by atoms with E-state index in [1.807, 2.05) is 4.90 Å². The lowest BCUT2D eigenvalue weighted by Gasteiger charge is -2.17. The van der Waals surface area contributed by atoms with Gasteiger partial charge in [-0.3, -0.25) is 0 Å². The summed E-state index contributed by atoms with van der Waals surface area (Å²) in [5, 5.41) is 0.634. The van der Waals surface area contributed by atoms with Crippen molar-refractivity contribution in [2.75, 3.05) is 13.1 Å². The highest BCUT2D eigenvalue weighted by Crippen LogP contribution is 2.03. The van der Waals surface area contributed by atoms with Crippen molar-refractivity contribution in [2.45, 2.75) is 13.8 Å². The normalized spacial score (nSPS) is 8.88. The van der Waals surface area contributed by atoms with E-state index < -0.39 is 0 Å². The second kappa shape index (κ2) is 3.79. The summed E-state index contributed by atoms with van der Waals surface area (Å²) < 4.78 is 0. The van der Waals surface area contributed by atoms with E-state index in [9.17, 15) is 0 Å². The van der Waals surface area contributed by atoms with E-state index in [0.29, 0.717) is 5.16 Å². The highest BCUT2D eigenvalue weighted by Gasteiger charge is 1.95. The molecule has 0 bridgehead atoms. The zero-order valence-electron chi connectivity index (χ0n) is 5.45. The molecule has 0 aliphatic rings. The molecule has 0 atom stereocenters. The number of nitrogens with zero attached hydrogens (tertiary/aromatic N) is 1. The standard InChI is InChI=1S/C6H12ClN/c1-4-8(5-2)6(3)7/h3-5H2,1-2H3. The van der Waals surface area contributed by atoms with Gasteiger partial charge in [0.1, 0.15) is 0 Å². The third kappa shape index (κ3) is 2.22. The third-order valence-electron chi connectivity index (χ3n) is 1.11. The van der Waals surface area contributed by atoms with Crippen molar-refractivity contribution in [3.63, 3.8) is 0 Å². The van der Waals surface area contributed by atoms with Crippen LogP contribution >= 0.6 is 11.6 Å². The largest absolute Gasteiger partial charge is 0.363 e.